The van der Waals surface area contributed by atoms with Gasteiger partial charge in [-0.1, -0.05) is 66.7 Å². The van der Waals surface area contributed by atoms with E-state index in [0.717, 1.165) is 23.2 Å². The highest BCUT2D eigenvalue weighted by molar-refractivity contribution is 5.92. The molecule has 1 aromatic heterocycles. The number of carbonyl (C=O) groups is 1. The zero-order chi connectivity index (χ0) is 22.2. The fourth-order valence-electron chi connectivity index (χ4n) is 3.59. The number of hydrogen-bond donors (Lipinski definition) is 1. The van der Waals surface area contributed by atoms with Gasteiger partial charge in [-0.15, -0.1) is 0 Å². The third-order valence-corrected chi connectivity index (χ3v) is 5.21. The van der Waals surface area contributed by atoms with Crippen molar-refractivity contribution in [1.82, 2.24) is 14.9 Å². The minimum atomic E-state index is -0.146. The standard InChI is InChI=1S/C27H25N3O2/c1-32-26-19-22(12-14-25(26)30-17-16-28-20-30)13-15-27(31)29-24(23-10-6-3-7-11-23)18-21-8-4-2-5-9-21/h2-17,19-20,24H,18H2,1H3,(H,29,31). The monoisotopic (exact) mass is 423 g/mol. The molecule has 5 heteroatoms. The van der Waals surface area contributed by atoms with Crippen LogP contribution >= 0.6 is 0 Å². The van der Waals surface area contributed by atoms with E-state index in [1.807, 2.05) is 77.5 Å². The molecule has 1 unspecified atom stereocenters. The van der Waals surface area contributed by atoms with Crippen LogP contribution in [-0.2, 0) is 11.2 Å². The van der Waals surface area contributed by atoms with E-state index in [-0.39, 0.29) is 11.9 Å². The van der Waals surface area contributed by atoms with E-state index < -0.39 is 0 Å². The molecule has 32 heavy (non-hydrogen) atoms. The maximum Gasteiger partial charge on any atom is 0.244 e. The van der Waals surface area contributed by atoms with Crippen LogP contribution in [0.2, 0.25) is 0 Å². The molecule has 1 amide bonds. The maximum absolute atomic E-state index is 12.8. The zero-order valence-electron chi connectivity index (χ0n) is 17.9. The molecule has 0 saturated carbocycles. The van der Waals surface area contributed by atoms with Crippen LogP contribution in [0.15, 0.2) is 104 Å². The van der Waals surface area contributed by atoms with Gasteiger partial charge in [0.2, 0.25) is 5.91 Å². The summed E-state index contributed by atoms with van der Waals surface area (Å²) >= 11 is 0. The van der Waals surface area contributed by atoms with Crippen LogP contribution < -0.4 is 10.1 Å². The Balaban J connectivity index is 1.49. The van der Waals surface area contributed by atoms with E-state index >= 15 is 0 Å². The first-order valence-corrected chi connectivity index (χ1v) is 10.5. The number of nitrogens with one attached hydrogen (secondary N) is 1. The van der Waals surface area contributed by atoms with Gasteiger partial charge in [0.05, 0.1) is 25.2 Å². The molecule has 0 bridgehead atoms. The lowest BCUT2D eigenvalue weighted by molar-refractivity contribution is -0.117. The number of hydrogen-bond acceptors (Lipinski definition) is 3. The summed E-state index contributed by atoms with van der Waals surface area (Å²) in [5, 5.41) is 3.15. The third kappa shape index (κ3) is 5.32. The van der Waals surface area contributed by atoms with Gasteiger partial charge in [-0.05, 0) is 41.3 Å². The first-order chi connectivity index (χ1) is 15.7. The van der Waals surface area contributed by atoms with E-state index in [4.69, 9.17) is 4.74 Å². The van der Waals surface area contributed by atoms with Gasteiger partial charge in [0.25, 0.3) is 0 Å². The SMILES string of the molecule is COc1cc(C=CC(=O)NC(Cc2ccccc2)c2ccccc2)ccc1-n1ccnc1. The summed E-state index contributed by atoms with van der Waals surface area (Å²) < 4.78 is 7.40. The molecular formula is C27H25N3O2. The van der Waals surface area contributed by atoms with Crippen LogP contribution in [0.1, 0.15) is 22.7 Å². The molecule has 160 valence electrons. The molecule has 0 radical (unpaired) electrons. The van der Waals surface area contributed by atoms with Crippen molar-refractivity contribution in [3.05, 3.63) is 120 Å². The number of ether oxygens (including phenoxy) is 1. The molecule has 1 heterocycles. The van der Waals surface area contributed by atoms with Gasteiger partial charge in [0, 0.05) is 18.5 Å². The molecule has 5 nitrogen and oxygen atoms in total. The minimum absolute atomic E-state index is 0.117. The van der Waals surface area contributed by atoms with Crippen molar-refractivity contribution in [3.63, 3.8) is 0 Å². The van der Waals surface area contributed by atoms with Crippen LogP contribution in [0.25, 0.3) is 11.8 Å². The normalized spacial score (nSPS) is 11.9. The Hall–Kier alpha value is -4.12. The van der Waals surface area contributed by atoms with Crippen molar-refractivity contribution < 1.29 is 9.53 Å². The van der Waals surface area contributed by atoms with Crippen LogP contribution in [0.3, 0.4) is 0 Å². The first-order valence-electron chi connectivity index (χ1n) is 10.5. The Labute approximate surface area is 188 Å². The molecule has 0 spiro atoms. The predicted octanol–water partition coefficient (Wildman–Crippen LogP) is 4.99. The van der Waals surface area contributed by atoms with Gasteiger partial charge in [-0.2, -0.15) is 0 Å². The largest absolute Gasteiger partial charge is 0.495 e. The highest BCUT2D eigenvalue weighted by atomic mass is 16.5. The Morgan fingerprint density at radius 2 is 1.81 bits per heavy atom. The number of carbonyl (C=O) groups excluding carboxylic acids is 1. The molecule has 0 aliphatic carbocycles. The molecule has 1 atom stereocenters. The van der Waals surface area contributed by atoms with E-state index in [0.29, 0.717) is 5.75 Å². The number of rotatable bonds is 8. The molecule has 4 aromatic rings. The summed E-state index contributed by atoms with van der Waals surface area (Å²) in [7, 11) is 1.63. The molecule has 1 N–H and O–H groups in total. The van der Waals surface area contributed by atoms with Crippen LogP contribution in [0.4, 0.5) is 0 Å². The third-order valence-electron chi connectivity index (χ3n) is 5.21. The van der Waals surface area contributed by atoms with Gasteiger partial charge < -0.3 is 14.6 Å². The number of benzene rings is 3. The topological polar surface area (TPSA) is 56.1 Å². The smallest absolute Gasteiger partial charge is 0.244 e. The fraction of sp³-hybridized carbons (Fsp3) is 0.111. The molecule has 3 aromatic carbocycles. The highest BCUT2D eigenvalue weighted by Crippen LogP contribution is 2.25. The average molecular weight is 424 g/mol. The summed E-state index contributed by atoms with van der Waals surface area (Å²) in [4.78, 5) is 16.8. The van der Waals surface area contributed by atoms with Crippen LogP contribution in [0, 0.1) is 0 Å². The van der Waals surface area contributed by atoms with E-state index in [1.165, 1.54) is 5.56 Å². The number of nitrogens with zero attached hydrogens (tertiary/aromatic N) is 2. The van der Waals surface area contributed by atoms with Crippen molar-refractivity contribution >= 4 is 12.0 Å². The first kappa shape index (κ1) is 21.1. The number of imidazole rings is 1. The van der Waals surface area contributed by atoms with Crippen molar-refractivity contribution in [3.8, 4) is 11.4 Å². The quantitative estimate of drug-likeness (QED) is 0.406. The average Bonchev–Trinajstić information content (AvgIpc) is 3.38. The van der Waals surface area contributed by atoms with E-state index in [2.05, 4.69) is 22.4 Å². The zero-order valence-corrected chi connectivity index (χ0v) is 17.9. The lowest BCUT2D eigenvalue weighted by atomic mass is 9.99. The second-order valence-corrected chi connectivity index (χ2v) is 7.40. The Morgan fingerprint density at radius 3 is 2.50 bits per heavy atom. The Kier molecular flexibility index (Phi) is 6.78. The van der Waals surface area contributed by atoms with E-state index in [9.17, 15) is 4.79 Å². The molecule has 4 rings (SSSR count). The highest BCUT2D eigenvalue weighted by Gasteiger charge is 2.14. The summed E-state index contributed by atoms with van der Waals surface area (Å²) in [5.41, 5.74) is 4.01. The van der Waals surface area contributed by atoms with Crippen molar-refractivity contribution in [2.45, 2.75) is 12.5 Å². The Morgan fingerprint density at radius 1 is 1.06 bits per heavy atom. The number of aromatic nitrogens is 2. The van der Waals surface area contributed by atoms with Crippen LogP contribution in [0.5, 0.6) is 5.75 Å². The van der Waals surface area contributed by atoms with Crippen molar-refractivity contribution in [1.29, 1.82) is 0 Å². The van der Waals surface area contributed by atoms with Gasteiger partial charge in [-0.3, -0.25) is 4.79 Å². The van der Waals surface area contributed by atoms with Gasteiger partial charge in [-0.25, -0.2) is 4.98 Å². The summed E-state index contributed by atoms with van der Waals surface area (Å²) in [6.45, 7) is 0. The molecule has 0 aliphatic heterocycles. The molecule has 0 saturated heterocycles. The Bertz CT molecular complexity index is 1170. The predicted molar refractivity (Wildman–Crippen MR) is 127 cm³/mol. The molecular weight excluding hydrogens is 398 g/mol. The summed E-state index contributed by atoms with van der Waals surface area (Å²) in [6, 6.07) is 25.9. The van der Waals surface area contributed by atoms with Gasteiger partial charge in [0.1, 0.15) is 5.75 Å². The summed E-state index contributed by atoms with van der Waals surface area (Å²) in [5.74, 6) is 0.559. The van der Waals surface area contributed by atoms with Crippen molar-refractivity contribution in [2.75, 3.05) is 7.11 Å². The van der Waals surface area contributed by atoms with Gasteiger partial charge in [0.15, 0.2) is 0 Å². The lowest BCUT2D eigenvalue weighted by Gasteiger charge is -2.18. The van der Waals surface area contributed by atoms with E-state index in [1.54, 1.807) is 31.8 Å². The number of amides is 1. The second-order valence-electron chi connectivity index (χ2n) is 7.40. The van der Waals surface area contributed by atoms with Crippen LogP contribution in [-0.4, -0.2) is 22.6 Å². The lowest BCUT2D eigenvalue weighted by Crippen LogP contribution is -2.28. The number of methoxy groups -OCH3 is 1. The minimum Gasteiger partial charge on any atom is -0.495 e. The fourth-order valence-corrected chi connectivity index (χ4v) is 3.59. The van der Waals surface area contributed by atoms with Crippen molar-refractivity contribution in [2.24, 2.45) is 0 Å². The summed E-state index contributed by atoms with van der Waals surface area (Å²) in [6.07, 6.45) is 9.37. The molecule has 0 aliphatic rings. The maximum atomic E-state index is 12.8. The molecule has 0 fully saturated rings. The second kappa shape index (κ2) is 10.3. The van der Waals surface area contributed by atoms with Gasteiger partial charge >= 0.3 is 0 Å².